The van der Waals surface area contributed by atoms with Gasteiger partial charge in [0.15, 0.2) is 0 Å². The molecule has 1 aliphatic heterocycles. The molecule has 1 rings (SSSR count). The Morgan fingerprint density at radius 3 is 2.33 bits per heavy atom. The molecule has 1 aliphatic rings. The summed E-state index contributed by atoms with van der Waals surface area (Å²) >= 11 is 0. The van der Waals surface area contributed by atoms with Gasteiger partial charge in [-0.25, -0.2) is 0 Å². The van der Waals surface area contributed by atoms with Crippen molar-refractivity contribution in [2.45, 2.75) is 89.1 Å². The zero-order chi connectivity index (χ0) is 17.6. The molecule has 0 aromatic rings. The molecule has 0 unspecified atom stereocenters. The quantitative estimate of drug-likeness (QED) is 0.353. The summed E-state index contributed by atoms with van der Waals surface area (Å²) in [7, 11) is 0. The van der Waals surface area contributed by atoms with Crippen LogP contribution in [-0.2, 0) is 9.47 Å². The van der Waals surface area contributed by atoms with E-state index < -0.39 is 24.4 Å². The largest absolute Gasteiger partial charge is 0.394 e. The molecule has 0 bridgehead atoms. The van der Waals surface area contributed by atoms with Gasteiger partial charge in [0, 0.05) is 6.61 Å². The highest BCUT2D eigenvalue weighted by atomic mass is 16.6. The Balaban J connectivity index is 2.01. The second-order valence-corrected chi connectivity index (χ2v) is 6.62. The highest BCUT2D eigenvalue weighted by Gasteiger charge is 2.39. The van der Waals surface area contributed by atoms with E-state index in [1.807, 2.05) is 0 Å². The SMILES string of the molecule is CCCCC/C=C/CCCCCCO[C@H]1[C@H](O)[C@@H](O)CO[C@@H]1CO. The fourth-order valence-electron chi connectivity index (χ4n) is 2.90. The van der Waals surface area contributed by atoms with Crippen LogP contribution in [0.2, 0.25) is 0 Å². The fourth-order valence-corrected chi connectivity index (χ4v) is 2.90. The maximum atomic E-state index is 9.94. The van der Waals surface area contributed by atoms with E-state index >= 15 is 0 Å². The molecule has 1 saturated heterocycles. The molecule has 5 nitrogen and oxygen atoms in total. The molecule has 142 valence electrons. The molecule has 24 heavy (non-hydrogen) atoms. The molecule has 0 aromatic carbocycles. The molecule has 5 heteroatoms. The Labute approximate surface area is 146 Å². The summed E-state index contributed by atoms with van der Waals surface area (Å²) < 4.78 is 10.9. The maximum Gasteiger partial charge on any atom is 0.114 e. The van der Waals surface area contributed by atoms with Crippen molar-refractivity contribution in [3.63, 3.8) is 0 Å². The minimum Gasteiger partial charge on any atom is -0.394 e. The van der Waals surface area contributed by atoms with Gasteiger partial charge in [-0.1, -0.05) is 44.8 Å². The van der Waals surface area contributed by atoms with E-state index in [1.165, 1.54) is 38.5 Å². The van der Waals surface area contributed by atoms with E-state index in [2.05, 4.69) is 19.1 Å². The van der Waals surface area contributed by atoms with Crippen molar-refractivity contribution in [3.8, 4) is 0 Å². The third-order valence-electron chi connectivity index (χ3n) is 4.47. The molecule has 0 radical (unpaired) electrons. The summed E-state index contributed by atoms with van der Waals surface area (Å²) in [5.41, 5.74) is 0. The first-order chi connectivity index (χ1) is 11.7. The predicted molar refractivity (Wildman–Crippen MR) is 94.9 cm³/mol. The smallest absolute Gasteiger partial charge is 0.114 e. The van der Waals surface area contributed by atoms with E-state index in [-0.39, 0.29) is 13.2 Å². The summed E-state index contributed by atoms with van der Waals surface area (Å²) in [6.07, 6.45) is 12.0. The number of aliphatic hydroxyl groups excluding tert-OH is 3. The van der Waals surface area contributed by atoms with Crippen molar-refractivity contribution >= 4 is 0 Å². The van der Waals surface area contributed by atoms with Crippen molar-refractivity contribution in [2.24, 2.45) is 0 Å². The van der Waals surface area contributed by atoms with Gasteiger partial charge in [0.1, 0.15) is 24.4 Å². The first-order valence-electron chi connectivity index (χ1n) is 9.55. The summed E-state index contributed by atoms with van der Waals surface area (Å²) in [6.45, 7) is 2.57. The number of rotatable bonds is 13. The maximum absolute atomic E-state index is 9.94. The Bertz CT molecular complexity index is 319. The van der Waals surface area contributed by atoms with Gasteiger partial charge < -0.3 is 24.8 Å². The van der Waals surface area contributed by atoms with Gasteiger partial charge in [0.2, 0.25) is 0 Å². The van der Waals surface area contributed by atoms with Crippen molar-refractivity contribution in [1.29, 1.82) is 0 Å². The molecule has 0 aliphatic carbocycles. The van der Waals surface area contributed by atoms with Crippen LogP contribution in [0.4, 0.5) is 0 Å². The summed E-state index contributed by atoms with van der Waals surface area (Å²) in [4.78, 5) is 0. The average molecular weight is 344 g/mol. The van der Waals surface area contributed by atoms with E-state index in [4.69, 9.17) is 9.47 Å². The lowest BCUT2D eigenvalue weighted by atomic mass is 10.0. The lowest BCUT2D eigenvalue weighted by molar-refractivity contribution is -0.211. The van der Waals surface area contributed by atoms with Gasteiger partial charge in [-0.15, -0.1) is 0 Å². The van der Waals surface area contributed by atoms with Gasteiger partial charge in [-0.2, -0.15) is 0 Å². The number of unbranched alkanes of at least 4 members (excludes halogenated alkanes) is 7. The Kier molecular flexibility index (Phi) is 12.4. The van der Waals surface area contributed by atoms with Gasteiger partial charge in [0.25, 0.3) is 0 Å². The molecular formula is C19H36O5. The molecular weight excluding hydrogens is 308 g/mol. The van der Waals surface area contributed by atoms with Gasteiger partial charge in [-0.3, -0.25) is 0 Å². The van der Waals surface area contributed by atoms with Crippen LogP contribution in [0.1, 0.15) is 64.7 Å². The summed E-state index contributed by atoms with van der Waals surface area (Å²) in [6, 6.07) is 0. The number of allylic oxidation sites excluding steroid dienone is 2. The molecule has 0 amide bonds. The lowest BCUT2D eigenvalue weighted by Gasteiger charge is -2.37. The number of hydrogen-bond donors (Lipinski definition) is 3. The normalized spacial score (nSPS) is 27.8. The van der Waals surface area contributed by atoms with Gasteiger partial charge >= 0.3 is 0 Å². The first kappa shape index (κ1) is 21.6. The topological polar surface area (TPSA) is 79.2 Å². The first-order valence-corrected chi connectivity index (χ1v) is 9.55. The van der Waals surface area contributed by atoms with Crippen molar-refractivity contribution in [3.05, 3.63) is 12.2 Å². The molecule has 0 saturated carbocycles. The van der Waals surface area contributed by atoms with Gasteiger partial charge in [-0.05, 0) is 32.1 Å². The van der Waals surface area contributed by atoms with Crippen molar-refractivity contribution < 1.29 is 24.8 Å². The number of hydrogen-bond acceptors (Lipinski definition) is 5. The van der Waals surface area contributed by atoms with Gasteiger partial charge in [0.05, 0.1) is 13.2 Å². The molecule has 4 atom stereocenters. The van der Waals surface area contributed by atoms with E-state index in [1.54, 1.807) is 0 Å². The van der Waals surface area contributed by atoms with Crippen LogP contribution in [0.5, 0.6) is 0 Å². The predicted octanol–water partition coefficient (Wildman–Crippen LogP) is 2.57. The highest BCUT2D eigenvalue weighted by molar-refractivity contribution is 4.87. The van der Waals surface area contributed by atoms with Crippen LogP contribution < -0.4 is 0 Å². The molecule has 0 spiro atoms. The van der Waals surface area contributed by atoms with Crippen molar-refractivity contribution in [1.82, 2.24) is 0 Å². The molecule has 3 N–H and O–H groups in total. The van der Waals surface area contributed by atoms with Crippen LogP contribution in [0.25, 0.3) is 0 Å². The minimum absolute atomic E-state index is 0.0399. The van der Waals surface area contributed by atoms with E-state index in [0.717, 1.165) is 19.3 Å². The zero-order valence-corrected chi connectivity index (χ0v) is 15.1. The van der Waals surface area contributed by atoms with Crippen LogP contribution in [0, 0.1) is 0 Å². The standard InChI is InChI=1S/C19H36O5/c1-2-3-4-5-6-7-8-9-10-11-12-13-23-19-17(14-20)24-15-16(21)18(19)22/h6-7,16-22H,2-5,8-15H2,1H3/b7-6+/t16-,17+,18+,19+/m0/s1. The molecule has 1 fully saturated rings. The average Bonchev–Trinajstić information content (AvgIpc) is 2.59. The fraction of sp³-hybridized carbons (Fsp3) is 0.895. The summed E-state index contributed by atoms with van der Waals surface area (Å²) in [5, 5.41) is 28.8. The Morgan fingerprint density at radius 2 is 1.67 bits per heavy atom. The number of aliphatic hydroxyl groups is 3. The molecule has 1 heterocycles. The minimum atomic E-state index is -0.992. The Morgan fingerprint density at radius 1 is 1.00 bits per heavy atom. The third-order valence-corrected chi connectivity index (χ3v) is 4.47. The third kappa shape index (κ3) is 8.58. The molecule has 0 aromatic heterocycles. The van der Waals surface area contributed by atoms with Crippen LogP contribution in [0.3, 0.4) is 0 Å². The Hall–Kier alpha value is -0.460. The lowest BCUT2D eigenvalue weighted by Crippen LogP contribution is -2.55. The van der Waals surface area contributed by atoms with Crippen molar-refractivity contribution in [2.75, 3.05) is 19.8 Å². The van der Waals surface area contributed by atoms with Crippen LogP contribution in [-0.4, -0.2) is 59.6 Å². The highest BCUT2D eigenvalue weighted by Crippen LogP contribution is 2.19. The van der Waals surface area contributed by atoms with E-state index in [9.17, 15) is 15.3 Å². The summed E-state index contributed by atoms with van der Waals surface area (Å²) in [5.74, 6) is 0. The second-order valence-electron chi connectivity index (χ2n) is 6.62. The monoisotopic (exact) mass is 344 g/mol. The van der Waals surface area contributed by atoms with Crippen LogP contribution >= 0.6 is 0 Å². The van der Waals surface area contributed by atoms with Crippen LogP contribution in [0.15, 0.2) is 12.2 Å². The second kappa shape index (κ2) is 13.8. The van der Waals surface area contributed by atoms with E-state index in [0.29, 0.717) is 6.61 Å². The number of ether oxygens (including phenoxy) is 2. The zero-order valence-electron chi connectivity index (χ0n) is 15.1.